The van der Waals surface area contributed by atoms with Crippen LogP contribution >= 0.6 is 12.2 Å². The lowest BCUT2D eigenvalue weighted by molar-refractivity contribution is 0.0971. The highest BCUT2D eigenvalue weighted by Gasteiger charge is 2.34. The lowest BCUT2D eigenvalue weighted by Gasteiger charge is -2.31. The van der Waals surface area contributed by atoms with Gasteiger partial charge in [-0.1, -0.05) is 12.2 Å². The van der Waals surface area contributed by atoms with E-state index in [1.165, 1.54) is 4.31 Å². The van der Waals surface area contributed by atoms with E-state index in [-0.39, 0.29) is 22.8 Å². The van der Waals surface area contributed by atoms with E-state index in [2.05, 4.69) is 0 Å². The number of rotatable bonds is 5. The molecular weight excluding hydrogens is 260 g/mol. The highest BCUT2D eigenvalue weighted by Crippen LogP contribution is 2.21. The second kappa shape index (κ2) is 6.08. The van der Waals surface area contributed by atoms with E-state index in [1.807, 2.05) is 13.8 Å². The van der Waals surface area contributed by atoms with Crippen LogP contribution in [0.4, 0.5) is 0 Å². The lowest BCUT2D eigenvalue weighted by Crippen LogP contribution is -2.47. The molecule has 0 saturated carbocycles. The molecule has 0 aromatic rings. The first kappa shape index (κ1) is 14.8. The van der Waals surface area contributed by atoms with E-state index in [9.17, 15) is 8.42 Å². The maximum absolute atomic E-state index is 12.4. The van der Waals surface area contributed by atoms with Crippen molar-refractivity contribution in [3.05, 3.63) is 0 Å². The quantitative estimate of drug-likeness (QED) is 0.742. The molecule has 0 aromatic heterocycles. The molecular formula is C10H20N2O3S2. The van der Waals surface area contributed by atoms with Crippen LogP contribution in [0.3, 0.4) is 0 Å². The molecule has 0 radical (unpaired) electrons. The third-order valence-electron chi connectivity index (χ3n) is 2.80. The summed E-state index contributed by atoms with van der Waals surface area (Å²) in [6.45, 7) is 4.78. The van der Waals surface area contributed by atoms with Gasteiger partial charge in [0, 0.05) is 19.3 Å². The molecule has 1 heterocycles. The van der Waals surface area contributed by atoms with Gasteiger partial charge in [-0.15, -0.1) is 0 Å². The predicted octanol–water partition coefficient (Wildman–Crippen LogP) is 0.492. The van der Waals surface area contributed by atoms with Crippen LogP contribution in [0.25, 0.3) is 0 Å². The molecule has 0 aromatic carbocycles. The highest BCUT2D eigenvalue weighted by molar-refractivity contribution is 7.89. The summed E-state index contributed by atoms with van der Waals surface area (Å²) >= 11 is 4.81. The Balaban J connectivity index is 2.86. The average Bonchev–Trinajstić information content (AvgIpc) is 2.26. The minimum atomic E-state index is -3.33. The third-order valence-corrected chi connectivity index (χ3v) is 5.45. The zero-order chi connectivity index (χ0) is 13.1. The first-order valence-corrected chi connectivity index (χ1v) is 7.63. The molecule has 1 fully saturated rings. The first-order valence-electron chi connectivity index (χ1n) is 5.72. The lowest BCUT2D eigenvalue weighted by atomic mass is 10.2. The fourth-order valence-electron chi connectivity index (χ4n) is 1.89. The molecule has 1 rings (SSSR count). The van der Waals surface area contributed by atoms with E-state index < -0.39 is 10.0 Å². The number of sulfonamides is 1. The van der Waals surface area contributed by atoms with Gasteiger partial charge in [0.2, 0.25) is 10.0 Å². The van der Waals surface area contributed by atoms with Gasteiger partial charge in [0.15, 0.2) is 0 Å². The van der Waals surface area contributed by atoms with Crippen LogP contribution in [0.2, 0.25) is 0 Å². The van der Waals surface area contributed by atoms with Crippen LogP contribution in [-0.4, -0.2) is 48.8 Å². The molecule has 2 N–H and O–H groups in total. The van der Waals surface area contributed by atoms with Crippen LogP contribution in [0, 0.1) is 0 Å². The standard InChI is InChI=1S/C10H20N2O3S2/c1-8(2)12(7-10(11)16)17(13,14)9-3-5-15-6-4-9/h8-9H,3-7H2,1-2H3,(H2,11,16). The van der Waals surface area contributed by atoms with Gasteiger partial charge in [0.1, 0.15) is 0 Å². The van der Waals surface area contributed by atoms with Crippen molar-refractivity contribution in [3.8, 4) is 0 Å². The first-order chi connectivity index (χ1) is 7.85. The normalized spacial score (nSPS) is 18.8. The molecule has 7 heteroatoms. The Morgan fingerprint density at radius 3 is 2.41 bits per heavy atom. The van der Waals surface area contributed by atoms with Crippen molar-refractivity contribution in [2.75, 3.05) is 19.8 Å². The Kier molecular flexibility index (Phi) is 5.30. The second-order valence-corrected chi connectivity index (χ2v) is 7.15. The van der Waals surface area contributed by atoms with E-state index >= 15 is 0 Å². The number of ether oxygens (including phenoxy) is 1. The second-order valence-electron chi connectivity index (χ2n) is 4.46. The van der Waals surface area contributed by atoms with Crippen molar-refractivity contribution in [2.24, 2.45) is 5.73 Å². The minimum Gasteiger partial charge on any atom is -0.392 e. The molecule has 1 saturated heterocycles. The molecule has 0 aliphatic carbocycles. The Morgan fingerprint density at radius 2 is 2.00 bits per heavy atom. The third kappa shape index (κ3) is 3.87. The number of hydrogen-bond acceptors (Lipinski definition) is 4. The molecule has 100 valence electrons. The Morgan fingerprint density at radius 1 is 1.47 bits per heavy atom. The van der Waals surface area contributed by atoms with Gasteiger partial charge >= 0.3 is 0 Å². The minimum absolute atomic E-state index is 0.118. The summed E-state index contributed by atoms with van der Waals surface area (Å²) in [6, 6.07) is -0.135. The molecule has 1 aliphatic heterocycles. The van der Waals surface area contributed by atoms with Crippen LogP contribution in [0.15, 0.2) is 0 Å². The molecule has 1 aliphatic rings. The smallest absolute Gasteiger partial charge is 0.217 e. The molecule has 0 bridgehead atoms. The Hall–Kier alpha value is -0.240. The van der Waals surface area contributed by atoms with E-state index in [4.69, 9.17) is 22.7 Å². The van der Waals surface area contributed by atoms with E-state index in [1.54, 1.807) is 0 Å². The molecule has 5 nitrogen and oxygen atoms in total. The maximum Gasteiger partial charge on any atom is 0.217 e. The number of thiocarbonyl (C=S) groups is 1. The zero-order valence-corrected chi connectivity index (χ0v) is 11.9. The number of nitrogens with two attached hydrogens (primary N) is 1. The fourth-order valence-corrected chi connectivity index (χ4v) is 4.18. The van der Waals surface area contributed by atoms with Crippen LogP contribution in [-0.2, 0) is 14.8 Å². The van der Waals surface area contributed by atoms with Crippen molar-refractivity contribution in [3.63, 3.8) is 0 Å². The van der Waals surface area contributed by atoms with Gasteiger partial charge in [-0.25, -0.2) is 8.42 Å². The van der Waals surface area contributed by atoms with Gasteiger partial charge in [0.05, 0.1) is 16.8 Å². The zero-order valence-electron chi connectivity index (χ0n) is 10.3. The van der Waals surface area contributed by atoms with Gasteiger partial charge in [-0.3, -0.25) is 0 Å². The van der Waals surface area contributed by atoms with Crippen LogP contribution < -0.4 is 5.73 Å². The summed E-state index contributed by atoms with van der Waals surface area (Å²) in [6.07, 6.45) is 1.09. The monoisotopic (exact) mass is 280 g/mol. The van der Waals surface area contributed by atoms with Gasteiger partial charge in [-0.2, -0.15) is 4.31 Å². The number of nitrogens with zero attached hydrogens (tertiary/aromatic N) is 1. The summed E-state index contributed by atoms with van der Waals surface area (Å²) in [5, 5.41) is -0.368. The fraction of sp³-hybridized carbons (Fsp3) is 0.900. The van der Waals surface area contributed by atoms with Gasteiger partial charge < -0.3 is 10.5 Å². The summed E-state index contributed by atoms with van der Waals surface area (Å²) in [4.78, 5) is 0.203. The van der Waals surface area contributed by atoms with E-state index in [0.29, 0.717) is 26.1 Å². The topological polar surface area (TPSA) is 72.6 Å². The molecule has 0 amide bonds. The van der Waals surface area contributed by atoms with E-state index in [0.717, 1.165) is 0 Å². The summed E-state index contributed by atoms with van der Waals surface area (Å²) in [5.41, 5.74) is 5.46. The van der Waals surface area contributed by atoms with Crippen LogP contribution in [0.5, 0.6) is 0 Å². The van der Waals surface area contributed by atoms with Crippen molar-refractivity contribution < 1.29 is 13.2 Å². The van der Waals surface area contributed by atoms with Crippen LogP contribution in [0.1, 0.15) is 26.7 Å². The van der Waals surface area contributed by atoms with Gasteiger partial charge in [0.25, 0.3) is 0 Å². The van der Waals surface area contributed by atoms with Crippen molar-refractivity contribution in [1.29, 1.82) is 0 Å². The predicted molar refractivity (Wildman–Crippen MR) is 71.4 cm³/mol. The largest absolute Gasteiger partial charge is 0.392 e. The molecule has 0 unspecified atom stereocenters. The SMILES string of the molecule is CC(C)N(CC(N)=S)S(=O)(=O)C1CCOCC1. The molecule has 0 spiro atoms. The highest BCUT2D eigenvalue weighted by atomic mass is 32.2. The summed E-state index contributed by atoms with van der Waals surface area (Å²) in [7, 11) is -3.33. The maximum atomic E-state index is 12.4. The summed E-state index contributed by atoms with van der Waals surface area (Å²) in [5.74, 6) is 0. The Labute approximate surface area is 108 Å². The van der Waals surface area contributed by atoms with Crippen molar-refractivity contribution in [1.82, 2.24) is 4.31 Å². The number of hydrogen-bond donors (Lipinski definition) is 1. The molecule has 0 atom stereocenters. The summed E-state index contributed by atoms with van der Waals surface area (Å²) < 4.78 is 31.4. The van der Waals surface area contributed by atoms with Gasteiger partial charge in [-0.05, 0) is 26.7 Å². The molecule has 17 heavy (non-hydrogen) atoms. The van der Waals surface area contributed by atoms with Crippen molar-refractivity contribution >= 4 is 27.2 Å². The Bertz CT molecular complexity index is 362. The van der Waals surface area contributed by atoms with Crippen molar-refractivity contribution in [2.45, 2.75) is 38.0 Å². The average molecular weight is 280 g/mol.